The van der Waals surface area contributed by atoms with E-state index in [4.69, 9.17) is 9.47 Å². The summed E-state index contributed by atoms with van der Waals surface area (Å²) < 4.78 is 11.1. The standard InChI is InChI=1S/C43H69NO8/c1-3-5-7-9-11-13-15-17-18-19-20-21-23-25-27-29-31-33-39(47)44-36(35-51-43-42(50)41(49)40(48)38(34-45)52-43)37(46)32-30-28-26-24-22-16-14-12-10-8-6-4-2/h5,7,10-13,17-18,20-22,24-25,27,30,32,36-38,40-43,45-46,48-50H,3-4,6,8-9,14-16,19,23,26,28-29,31,33-35H2,1-2H3,(H,44,47)/b7-5-,12-10+,13-11-,18-17-,21-20-,24-22+,27-25-,32-30+. The van der Waals surface area contributed by atoms with Gasteiger partial charge < -0.3 is 40.3 Å². The van der Waals surface area contributed by atoms with Crippen LogP contribution in [0.4, 0.5) is 0 Å². The third-order valence-corrected chi connectivity index (χ3v) is 8.37. The predicted octanol–water partition coefficient (Wildman–Crippen LogP) is 6.99. The topological polar surface area (TPSA) is 149 Å². The molecule has 0 spiro atoms. The molecule has 0 aromatic carbocycles. The Kier molecular flexibility index (Phi) is 29.7. The minimum absolute atomic E-state index is 0.236. The van der Waals surface area contributed by atoms with Gasteiger partial charge in [0.05, 0.1) is 25.4 Å². The Balaban J connectivity index is 2.54. The van der Waals surface area contributed by atoms with Crippen LogP contribution in [0.25, 0.3) is 0 Å². The smallest absolute Gasteiger partial charge is 0.220 e. The van der Waals surface area contributed by atoms with Crippen LogP contribution in [-0.2, 0) is 14.3 Å². The second-order valence-electron chi connectivity index (χ2n) is 13.0. The fourth-order valence-electron chi connectivity index (χ4n) is 5.21. The molecular formula is C43H69NO8. The van der Waals surface area contributed by atoms with Crippen LogP contribution in [0.1, 0.15) is 110 Å². The molecule has 1 saturated heterocycles. The molecule has 294 valence electrons. The first-order chi connectivity index (χ1) is 25.3. The van der Waals surface area contributed by atoms with Gasteiger partial charge in [0, 0.05) is 6.42 Å². The largest absolute Gasteiger partial charge is 0.394 e. The van der Waals surface area contributed by atoms with E-state index in [2.05, 4.69) is 104 Å². The molecule has 1 fully saturated rings. The lowest BCUT2D eigenvalue weighted by Gasteiger charge is -2.40. The van der Waals surface area contributed by atoms with Crippen LogP contribution in [-0.4, -0.2) is 87.5 Å². The molecule has 52 heavy (non-hydrogen) atoms. The van der Waals surface area contributed by atoms with Gasteiger partial charge in [0.1, 0.15) is 24.4 Å². The quantitative estimate of drug-likeness (QED) is 0.0357. The number of aliphatic hydroxyl groups is 5. The molecule has 1 aliphatic rings. The first-order valence-electron chi connectivity index (χ1n) is 19.5. The summed E-state index contributed by atoms with van der Waals surface area (Å²) in [6.07, 6.45) is 38.8. The fraction of sp³-hybridized carbons (Fsp3) is 0.605. The molecule has 7 atom stereocenters. The van der Waals surface area contributed by atoms with Crippen LogP contribution in [0.2, 0.25) is 0 Å². The summed E-state index contributed by atoms with van der Waals surface area (Å²) in [7, 11) is 0. The third-order valence-electron chi connectivity index (χ3n) is 8.37. The molecule has 1 rings (SSSR count). The van der Waals surface area contributed by atoms with Crippen LogP contribution in [0.15, 0.2) is 97.2 Å². The summed E-state index contributed by atoms with van der Waals surface area (Å²) in [4.78, 5) is 12.9. The Morgan fingerprint density at radius 1 is 0.673 bits per heavy atom. The van der Waals surface area contributed by atoms with E-state index in [1.807, 2.05) is 6.08 Å². The predicted molar refractivity (Wildman–Crippen MR) is 211 cm³/mol. The van der Waals surface area contributed by atoms with Crippen molar-refractivity contribution in [3.8, 4) is 0 Å². The van der Waals surface area contributed by atoms with Crippen molar-refractivity contribution in [1.82, 2.24) is 5.32 Å². The van der Waals surface area contributed by atoms with Crippen molar-refractivity contribution in [2.75, 3.05) is 13.2 Å². The van der Waals surface area contributed by atoms with Crippen molar-refractivity contribution < 1.29 is 39.8 Å². The molecule has 1 heterocycles. The fourth-order valence-corrected chi connectivity index (χ4v) is 5.21. The molecule has 9 nitrogen and oxygen atoms in total. The maximum Gasteiger partial charge on any atom is 0.220 e. The minimum Gasteiger partial charge on any atom is -0.394 e. The molecule has 0 aromatic rings. The lowest BCUT2D eigenvalue weighted by Crippen LogP contribution is -2.60. The maximum absolute atomic E-state index is 12.9. The second-order valence-corrected chi connectivity index (χ2v) is 13.0. The molecule has 1 amide bonds. The highest BCUT2D eigenvalue weighted by Gasteiger charge is 2.44. The lowest BCUT2D eigenvalue weighted by atomic mass is 9.99. The van der Waals surface area contributed by atoms with Crippen molar-refractivity contribution in [1.29, 1.82) is 0 Å². The maximum atomic E-state index is 12.9. The van der Waals surface area contributed by atoms with Gasteiger partial charge in [-0.3, -0.25) is 4.79 Å². The van der Waals surface area contributed by atoms with E-state index in [0.717, 1.165) is 64.2 Å². The Bertz CT molecular complexity index is 1120. The number of rotatable bonds is 29. The molecule has 0 radical (unpaired) electrons. The van der Waals surface area contributed by atoms with Gasteiger partial charge in [0.25, 0.3) is 0 Å². The molecule has 7 unspecified atom stereocenters. The number of allylic oxidation sites excluding steroid dienone is 15. The Labute approximate surface area is 313 Å². The molecule has 1 aliphatic heterocycles. The van der Waals surface area contributed by atoms with Gasteiger partial charge in [0.2, 0.25) is 5.91 Å². The van der Waals surface area contributed by atoms with Crippen molar-refractivity contribution in [2.24, 2.45) is 0 Å². The van der Waals surface area contributed by atoms with Crippen LogP contribution < -0.4 is 5.32 Å². The molecule has 0 aromatic heterocycles. The average molecular weight is 728 g/mol. The number of amides is 1. The first-order valence-corrected chi connectivity index (χ1v) is 19.5. The van der Waals surface area contributed by atoms with Crippen molar-refractivity contribution in [2.45, 2.75) is 153 Å². The van der Waals surface area contributed by atoms with E-state index in [0.29, 0.717) is 12.8 Å². The summed E-state index contributed by atoms with van der Waals surface area (Å²) in [6, 6.07) is -0.861. The zero-order chi connectivity index (χ0) is 38.1. The molecule has 0 saturated carbocycles. The van der Waals surface area contributed by atoms with Crippen molar-refractivity contribution >= 4 is 5.91 Å². The highest BCUT2D eigenvalue weighted by atomic mass is 16.7. The van der Waals surface area contributed by atoms with Gasteiger partial charge in [-0.2, -0.15) is 0 Å². The minimum atomic E-state index is -1.59. The Morgan fingerprint density at radius 3 is 1.73 bits per heavy atom. The molecule has 9 heteroatoms. The Morgan fingerprint density at radius 2 is 1.17 bits per heavy atom. The van der Waals surface area contributed by atoms with Crippen molar-refractivity contribution in [3.05, 3.63) is 97.2 Å². The number of nitrogens with one attached hydrogen (secondary N) is 1. The summed E-state index contributed by atoms with van der Waals surface area (Å²) >= 11 is 0. The summed E-state index contributed by atoms with van der Waals surface area (Å²) in [5, 5.41) is 53.8. The molecular weight excluding hydrogens is 658 g/mol. The third kappa shape index (κ3) is 23.6. The number of carbonyl (C=O) groups is 1. The van der Waals surface area contributed by atoms with Gasteiger partial charge in [-0.1, -0.05) is 124 Å². The van der Waals surface area contributed by atoms with Crippen molar-refractivity contribution in [3.63, 3.8) is 0 Å². The summed E-state index contributed by atoms with van der Waals surface area (Å²) in [5.41, 5.74) is 0. The SMILES string of the molecule is CC/C=C\C/C=C\C/C=C\C/C=C\C/C=C\CCCC(=O)NC(COC1OC(CO)C(O)C(O)C1O)C(O)/C=C/CC/C=C/CC/C=C/CCCC. The summed E-state index contributed by atoms with van der Waals surface area (Å²) in [6.45, 7) is 3.50. The van der Waals surface area contributed by atoms with Gasteiger partial charge in [0.15, 0.2) is 6.29 Å². The number of unbranched alkanes of at least 4 members (excludes halogenated alkanes) is 5. The zero-order valence-electron chi connectivity index (χ0n) is 31.8. The van der Waals surface area contributed by atoms with E-state index in [1.54, 1.807) is 6.08 Å². The molecule has 6 N–H and O–H groups in total. The van der Waals surface area contributed by atoms with E-state index >= 15 is 0 Å². The van der Waals surface area contributed by atoms with Gasteiger partial charge in [-0.25, -0.2) is 0 Å². The van der Waals surface area contributed by atoms with Gasteiger partial charge in [-0.05, 0) is 77.0 Å². The van der Waals surface area contributed by atoms with Gasteiger partial charge in [-0.15, -0.1) is 0 Å². The van der Waals surface area contributed by atoms with E-state index in [1.165, 1.54) is 12.8 Å². The van der Waals surface area contributed by atoms with Gasteiger partial charge >= 0.3 is 0 Å². The average Bonchev–Trinajstić information content (AvgIpc) is 3.14. The highest BCUT2D eigenvalue weighted by molar-refractivity contribution is 5.76. The number of carbonyl (C=O) groups excluding carboxylic acids is 1. The van der Waals surface area contributed by atoms with Crippen LogP contribution in [0.3, 0.4) is 0 Å². The van der Waals surface area contributed by atoms with E-state index in [-0.39, 0.29) is 18.9 Å². The second kappa shape index (κ2) is 32.7. The number of hydrogen-bond donors (Lipinski definition) is 6. The van der Waals surface area contributed by atoms with Crippen LogP contribution in [0, 0.1) is 0 Å². The van der Waals surface area contributed by atoms with E-state index in [9.17, 15) is 30.3 Å². The highest BCUT2D eigenvalue weighted by Crippen LogP contribution is 2.22. The summed E-state index contributed by atoms with van der Waals surface area (Å²) in [5.74, 6) is -0.256. The molecule has 0 aliphatic carbocycles. The van der Waals surface area contributed by atoms with Crippen LogP contribution >= 0.6 is 0 Å². The van der Waals surface area contributed by atoms with E-state index < -0.39 is 49.5 Å². The first kappa shape index (κ1) is 47.1. The number of hydrogen-bond acceptors (Lipinski definition) is 8. The zero-order valence-corrected chi connectivity index (χ0v) is 31.8. The van der Waals surface area contributed by atoms with Crippen LogP contribution in [0.5, 0.6) is 0 Å². The lowest BCUT2D eigenvalue weighted by molar-refractivity contribution is -0.302. The monoisotopic (exact) mass is 728 g/mol. The number of ether oxygens (including phenoxy) is 2. The molecule has 0 bridgehead atoms. The number of aliphatic hydroxyl groups excluding tert-OH is 5. The Hall–Kier alpha value is -2.89. The normalized spacial score (nSPS) is 22.9.